The van der Waals surface area contributed by atoms with Crippen molar-refractivity contribution in [1.29, 1.82) is 0 Å². The van der Waals surface area contributed by atoms with Gasteiger partial charge in [0.2, 0.25) is 5.91 Å². The first kappa shape index (κ1) is 21.1. The summed E-state index contributed by atoms with van der Waals surface area (Å²) in [6.07, 6.45) is 0.727. The van der Waals surface area contributed by atoms with E-state index in [-0.39, 0.29) is 11.2 Å². The molecule has 3 aromatic rings. The molecule has 1 heterocycles. The number of benzene rings is 2. The number of aryl methyl sites for hydroxylation is 3. The third-order valence-electron chi connectivity index (χ3n) is 4.89. The zero-order valence-corrected chi connectivity index (χ0v) is 18.5. The van der Waals surface area contributed by atoms with E-state index >= 15 is 0 Å². The first-order valence-electron chi connectivity index (χ1n) is 9.90. The van der Waals surface area contributed by atoms with Crippen molar-refractivity contribution in [2.75, 3.05) is 5.32 Å². The van der Waals surface area contributed by atoms with Crippen LogP contribution in [0, 0.1) is 20.8 Å². The standard InChI is InChI=1S/C23H28N4OS/c1-6-27-20(14-19-10-8-7-9-11-19)25-26-23(27)29-18(5)22(28)24-21-16(3)12-15(2)13-17(21)4/h7-13,18H,6,14H2,1-5H3,(H,24,28). The number of hydrogen-bond donors (Lipinski definition) is 1. The fraction of sp³-hybridized carbons (Fsp3) is 0.348. The molecule has 29 heavy (non-hydrogen) atoms. The number of carbonyl (C=O) groups is 1. The van der Waals surface area contributed by atoms with Crippen LogP contribution in [0.5, 0.6) is 0 Å². The first-order chi connectivity index (χ1) is 13.9. The zero-order valence-electron chi connectivity index (χ0n) is 17.7. The summed E-state index contributed by atoms with van der Waals surface area (Å²) in [7, 11) is 0. The molecule has 0 aliphatic carbocycles. The van der Waals surface area contributed by atoms with Gasteiger partial charge in [0, 0.05) is 18.7 Å². The highest BCUT2D eigenvalue weighted by molar-refractivity contribution is 8.00. The van der Waals surface area contributed by atoms with Crippen LogP contribution in [0.2, 0.25) is 0 Å². The number of anilines is 1. The Hall–Kier alpha value is -2.60. The van der Waals surface area contributed by atoms with Crippen LogP contribution in [0.3, 0.4) is 0 Å². The van der Waals surface area contributed by atoms with Crippen molar-refractivity contribution in [3.8, 4) is 0 Å². The third kappa shape index (κ3) is 5.07. The Morgan fingerprint density at radius 1 is 1.10 bits per heavy atom. The van der Waals surface area contributed by atoms with Gasteiger partial charge in [0.15, 0.2) is 5.16 Å². The van der Waals surface area contributed by atoms with E-state index in [0.717, 1.165) is 40.8 Å². The molecule has 0 radical (unpaired) electrons. The van der Waals surface area contributed by atoms with Crippen molar-refractivity contribution in [3.63, 3.8) is 0 Å². The predicted octanol–water partition coefficient (Wildman–Crippen LogP) is 4.93. The van der Waals surface area contributed by atoms with Gasteiger partial charge in [-0.3, -0.25) is 4.79 Å². The molecule has 0 fully saturated rings. The lowest BCUT2D eigenvalue weighted by molar-refractivity contribution is -0.115. The Balaban J connectivity index is 1.72. The lowest BCUT2D eigenvalue weighted by Crippen LogP contribution is -2.24. The van der Waals surface area contributed by atoms with Gasteiger partial charge < -0.3 is 9.88 Å². The Morgan fingerprint density at radius 3 is 2.38 bits per heavy atom. The third-order valence-corrected chi connectivity index (χ3v) is 5.97. The van der Waals surface area contributed by atoms with Crippen LogP contribution in [-0.2, 0) is 17.8 Å². The van der Waals surface area contributed by atoms with Gasteiger partial charge in [-0.2, -0.15) is 0 Å². The van der Waals surface area contributed by atoms with Crippen molar-refractivity contribution in [1.82, 2.24) is 14.8 Å². The number of nitrogens with one attached hydrogen (secondary N) is 1. The van der Waals surface area contributed by atoms with Gasteiger partial charge in [-0.1, -0.05) is 59.8 Å². The summed E-state index contributed by atoms with van der Waals surface area (Å²) in [5.41, 5.74) is 5.45. The highest BCUT2D eigenvalue weighted by Gasteiger charge is 2.21. The molecule has 0 aliphatic rings. The van der Waals surface area contributed by atoms with Gasteiger partial charge in [0.05, 0.1) is 5.25 Å². The maximum absolute atomic E-state index is 12.8. The summed E-state index contributed by atoms with van der Waals surface area (Å²) < 4.78 is 2.09. The summed E-state index contributed by atoms with van der Waals surface area (Å²) in [4.78, 5) is 12.8. The molecule has 6 heteroatoms. The first-order valence-corrected chi connectivity index (χ1v) is 10.8. The van der Waals surface area contributed by atoms with Crippen molar-refractivity contribution in [2.45, 2.75) is 58.0 Å². The second-order valence-corrected chi connectivity index (χ2v) is 8.64. The fourth-order valence-electron chi connectivity index (χ4n) is 3.45. The minimum Gasteiger partial charge on any atom is -0.325 e. The quantitative estimate of drug-likeness (QED) is 0.563. The fourth-order valence-corrected chi connectivity index (χ4v) is 4.38. The van der Waals surface area contributed by atoms with Crippen LogP contribution in [0.25, 0.3) is 0 Å². The van der Waals surface area contributed by atoms with Crippen LogP contribution in [-0.4, -0.2) is 25.9 Å². The van der Waals surface area contributed by atoms with Gasteiger partial charge in [0.25, 0.3) is 0 Å². The minimum atomic E-state index is -0.283. The summed E-state index contributed by atoms with van der Waals surface area (Å²) >= 11 is 1.45. The lowest BCUT2D eigenvalue weighted by atomic mass is 10.1. The number of rotatable bonds is 7. The van der Waals surface area contributed by atoms with E-state index in [2.05, 4.69) is 58.2 Å². The average molecular weight is 409 g/mol. The van der Waals surface area contributed by atoms with Crippen LogP contribution >= 0.6 is 11.8 Å². The van der Waals surface area contributed by atoms with E-state index in [1.165, 1.54) is 22.9 Å². The topological polar surface area (TPSA) is 59.8 Å². The molecule has 1 aromatic heterocycles. The largest absolute Gasteiger partial charge is 0.325 e. The van der Waals surface area contributed by atoms with E-state index in [9.17, 15) is 4.79 Å². The number of carbonyl (C=O) groups excluding carboxylic acids is 1. The predicted molar refractivity (Wildman–Crippen MR) is 120 cm³/mol. The molecule has 2 aromatic carbocycles. The normalized spacial score (nSPS) is 12.0. The summed E-state index contributed by atoms with van der Waals surface area (Å²) in [6.45, 7) is 10.9. The van der Waals surface area contributed by atoms with Crippen LogP contribution < -0.4 is 5.32 Å². The van der Waals surface area contributed by atoms with Crippen molar-refractivity contribution < 1.29 is 4.79 Å². The van der Waals surface area contributed by atoms with Gasteiger partial charge in [0.1, 0.15) is 5.82 Å². The summed E-state index contributed by atoms with van der Waals surface area (Å²) in [5.74, 6) is 0.888. The lowest BCUT2D eigenvalue weighted by Gasteiger charge is -2.16. The van der Waals surface area contributed by atoms with Crippen LogP contribution in [0.15, 0.2) is 47.6 Å². The molecule has 3 rings (SSSR count). The van der Waals surface area contributed by atoms with Crippen LogP contribution in [0.1, 0.15) is 41.9 Å². The van der Waals surface area contributed by atoms with E-state index < -0.39 is 0 Å². The Labute approximate surface area is 176 Å². The number of amides is 1. The molecule has 0 bridgehead atoms. The van der Waals surface area contributed by atoms with Gasteiger partial charge >= 0.3 is 0 Å². The molecule has 0 aliphatic heterocycles. The molecule has 152 valence electrons. The van der Waals surface area contributed by atoms with Crippen molar-refractivity contribution in [2.24, 2.45) is 0 Å². The second kappa shape index (κ2) is 9.27. The van der Waals surface area contributed by atoms with E-state index in [1.54, 1.807) is 0 Å². The Kier molecular flexibility index (Phi) is 6.75. The minimum absolute atomic E-state index is 0.0275. The van der Waals surface area contributed by atoms with Crippen molar-refractivity contribution >= 4 is 23.4 Å². The number of hydrogen-bond acceptors (Lipinski definition) is 4. The molecule has 1 N–H and O–H groups in total. The molecule has 1 atom stereocenters. The number of thioether (sulfide) groups is 1. The van der Waals surface area contributed by atoms with Gasteiger partial charge in [-0.25, -0.2) is 0 Å². The Morgan fingerprint density at radius 2 is 1.76 bits per heavy atom. The SMILES string of the molecule is CCn1c(Cc2ccccc2)nnc1SC(C)C(=O)Nc1c(C)cc(C)cc1C. The summed E-state index contributed by atoms with van der Waals surface area (Å²) in [6, 6.07) is 14.4. The highest BCUT2D eigenvalue weighted by atomic mass is 32.2. The molecular weight excluding hydrogens is 380 g/mol. The maximum atomic E-state index is 12.8. The molecule has 0 spiro atoms. The molecular formula is C23H28N4OS. The smallest absolute Gasteiger partial charge is 0.237 e. The highest BCUT2D eigenvalue weighted by Crippen LogP contribution is 2.26. The van der Waals surface area contributed by atoms with E-state index in [1.807, 2.05) is 39.0 Å². The molecule has 5 nitrogen and oxygen atoms in total. The Bertz CT molecular complexity index is 974. The average Bonchev–Trinajstić information content (AvgIpc) is 3.06. The zero-order chi connectivity index (χ0) is 21.0. The second-order valence-electron chi connectivity index (χ2n) is 7.33. The molecule has 1 amide bonds. The van der Waals surface area contributed by atoms with Gasteiger partial charge in [-0.05, 0) is 51.3 Å². The number of aromatic nitrogens is 3. The van der Waals surface area contributed by atoms with Crippen LogP contribution in [0.4, 0.5) is 5.69 Å². The monoisotopic (exact) mass is 408 g/mol. The molecule has 1 unspecified atom stereocenters. The molecule has 0 saturated heterocycles. The van der Waals surface area contributed by atoms with E-state index in [0.29, 0.717) is 0 Å². The van der Waals surface area contributed by atoms with Gasteiger partial charge in [-0.15, -0.1) is 10.2 Å². The maximum Gasteiger partial charge on any atom is 0.237 e. The van der Waals surface area contributed by atoms with Crippen molar-refractivity contribution in [3.05, 3.63) is 70.5 Å². The molecule has 0 saturated carbocycles. The summed E-state index contributed by atoms with van der Waals surface area (Å²) in [5, 5.41) is 12.3. The number of nitrogens with zero attached hydrogens (tertiary/aromatic N) is 3. The van der Waals surface area contributed by atoms with E-state index in [4.69, 9.17) is 0 Å².